The molecule has 0 saturated carbocycles. The van der Waals surface area contributed by atoms with Gasteiger partial charge in [0.15, 0.2) is 11.5 Å². The van der Waals surface area contributed by atoms with Crippen LogP contribution in [0.1, 0.15) is 56.5 Å². The Hall–Kier alpha value is -2.88. The lowest BCUT2D eigenvalue weighted by Crippen LogP contribution is -2.07. The maximum atomic E-state index is 12.2. The van der Waals surface area contributed by atoms with E-state index in [2.05, 4.69) is 36.3 Å². The van der Waals surface area contributed by atoms with Gasteiger partial charge in [0, 0.05) is 23.7 Å². The summed E-state index contributed by atoms with van der Waals surface area (Å²) in [6.45, 7) is 8.39. The maximum Gasteiger partial charge on any atom is 0.248 e. The van der Waals surface area contributed by atoms with Gasteiger partial charge in [-0.15, -0.1) is 0 Å². The van der Waals surface area contributed by atoms with Gasteiger partial charge < -0.3 is 9.73 Å². The normalized spacial score (nSPS) is 11.8. The summed E-state index contributed by atoms with van der Waals surface area (Å²) in [6, 6.07) is 13.7. The summed E-state index contributed by atoms with van der Waals surface area (Å²) >= 11 is 0. The number of hydrogen-bond donors (Lipinski definition) is 1. The maximum absolute atomic E-state index is 12.2. The average molecular weight is 348 g/mol. The van der Waals surface area contributed by atoms with E-state index in [1.165, 1.54) is 11.6 Å². The van der Waals surface area contributed by atoms with Gasteiger partial charge in [0.25, 0.3) is 0 Å². The highest BCUT2D eigenvalue weighted by Crippen LogP contribution is 2.24. The minimum Gasteiger partial charge on any atom is -0.440 e. The molecule has 0 unspecified atom stereocenters. The van der Waals surface area contributed by atoms with Gasteiger partial charge in [0.2, 0.25) is 5.91 Å². The topological polar surface area (TPSA) is 55.1 Å². The van der Waals surface area contributed by atoms with Gasteiger partial charge in [-0.1, -0.05) is 52.0 Å². The first-order valence-corrected chi connectivity index (χ1v) is 8.92. The average Bonchev–Trinajstić information content (AvgIpc) is 3.04. The Morgan fingerprint density at radius 3 is 2.42 bits per heavy atom. The zero-order valence-electron chi connectivity index (χ0n) is 15.6. The first-order valence-electron chi connectivity index (χ1n) is 8.92. The number of fused-ring (bicyclic) bond motifs is 1. The molecule has 3 aromatic rings. The molecule has 0 atom stereocenters. The highest BCUT2D eigenvalue weighted by atomic mass is 16.3. The number of hydrogen-bond acceptors (Lipinski definition) is 3. The minimum atomic E-state index is -0.180. The summed E-state index contributed by atoms with van der Waals surface area (Å²) in [7, 11) is 0. The molecule has 1 amide bonds. The molecule has 4 heteroatoms. The third-order valence-electron chi connectivity index (χ3n) is 4.20. The third kappa shape index (κ3) is 4.20. The third-order valence-corrected chi connectivity index (χ3v) is 4.20. The van der Waals surface area contributed by atoms with E-state index in [-0.39, 0.29) is 11.8 Å². The summed E-state index contributed by atoms with van der Waals surface area (Å²) in [6.07, 6.45) is 3.35. The Morgan fingerprint density at radius 2 is 1.77 bits per heavy atom. The number of nitrogens with zero attached hydrogens (tertiary/aromatic N) is 1. The lowest BCUT2D eigenvalue weighted by Gasteiger charge is -2.04. The lowest BCUT2D eigenvalue weighted by atomic mass is 10.0. The highest BCUT2D eigenvalue weighted by Gasteiger charge is 2.10. The van der Waals surface area contributed by atoms with Crippen LogP contribution in [-0.4, -0.2) is 10.9 Å². The van der Waals surface area contributed by atoms with Crippen LogP contribution in [0.15, 0.2) is 53.0 Å². The van der Waals surface area contributed by atoms with Crippen molar-refractivity contribution in [2.24, 2.45) is 0 Å². The van der Waals surface area contributed by atoms with Gasteiger partial charge in [0.1, 0.15) is 5.52 Å². The zero-order chi connectivity index (χ0) is 18.7. The van der Waals surface area contributed by atoms with E-state index in [0.717, 1.165) is 11.1 Å². The molecule has 0 spiro atoms. The first kappa shape index (κ1) is 17.9. The van der Waals surface area contributed by atoms with Gasteiger partial charge >= 0.3 is 0 Å². The Kier molecular flexibility index (Phi) is 5.21. The molecular weight excluding hydrogens is 324 g/mol. The molecule has 0 aliphatic carbocycles. The summed E-state index contributed by atoms with van der Waals surface area (Å²) in [5, 5.41) is 2.86. The van der Waals surface area contributed by atoms with Crippen LogP contribution in [0, 0.1) is 0 Å². The van der Waals surface area contributed by atoms with E-state index >= 15 is 0 Å². The standard InChI is InChI=1S/C22H24N2O2/c1-14(2)17-8-5-16(6-9-17)7-12-21(25)23-18-10-11-19-20(13-18)26-22(24-19)15(3)4/h5-15H,1-4H3,(H,23,25)/b12-7+. The fraction of sp³-hybridized carbons (Fsp3) is 0.273. The molecule has 2 aromatic carbocycles. The molecule has 134 valence electrons. The predicted octanol–water partition coefficient (Wildman–Crippen LogP) is 5.73. The van der Waals surface area contributed by atoms with E-state index in [1.54, 1.807) is 6.07 Å². The SMILES string of the molecule is CC(C)c1ccc(/C=C/C(=O)Nc2ccc3nc(C(C)C)oc3c2)cc1. The van der Waals surface area contributed by atoms with Crippen molar-refractivity contribution in [3.8, 4) is 0 Å². The summed E-state index contributed by atoms with van der Waals surface area (Å²) in [5.41, 5.74) is 4.45. The lowest BCUT2D eigenvalue weighted by molar-refractivity contribution is -0.111. The number of oxazole rings is 1. The van der Waals surface area contributed by atoms with Gasteiger partial charge in [-0.3, -0.25) is 4.79 Å². The molecule has 0 bridgehead atoms. The summed E-state index contributed by atoms with van der Waals surface area (Å²) < 4.78 is 5.73. The molecule has 1 N–H and O–H groups in total. The fourth-order valence-electron chi connectivity index (χ4n) is 2.62. The first-order chi connectivity index (χ1) is 12.4. The summed E-state index contributed by atoms with van der Waals surface area (Å²) in [4.78, 5) is 16.6. The van der Waals surface area contributed by atoms with E-state index < -0.39 is 0 Å². The molecule has 4 nitrogen and oxygen atoms in total. The van der Waals surface area contributed by atoms with E-state index in [0.29, 0.717) is 23.1 Å². The van der Waals surface area contributed by atoms with Crippen molar-refractivity contribution in [2.75, 3.05) is 5.32 Å². The molecule has 1 aromatic heterocycles. The number of anilines is 1. The van der Waals surface area contributed by atoms with Crippen LogP contribution in [0.25, 0.3) is 17.2 Å². The van der Waals surface area contributed by atoms with Crippen molar-refractivity contribution in [3.63, 3.8) is 0 Å². The van der Waals surface area contributed by atoms with Crippen molar-refractivity contribution in [2.45, 2.75) is 39.5 Å². The number of benzene rings is 2. The predicted molar refractivity (Wildman–Crippen MR) is 106 cm³/mol. The highest BCUT2D eigenvalue weighted by molar-refractivity contribution is 6.02. The van der Waals surface area contributed by atoms with Gasteiger partial charge in [-0.2, -0.15) is 0 Å². The van der Waals surface area contributed by atoms with Crippen LogP contribution >= 0.6 is 0 Å². The van der Waals surface area contributed by atoms with Crippen molar-refractivity contribution in [3.05, 3.63) is 65.6 Å². The number of rotatable bonds is 5. The molecule has 0 fully saturated rings. The zero-order valence-corrected chi connectivity index (χ0v) is 15.6. The molecule has 0 aliphatic rings. The van der Waals surface area contributed by atoms with E-state index in [4.69, 9.17) is 4.42 Å². The van der Waals surface area contributed by atoms with Crippen molar-refractivity contribution >= 4 is 28.8 Å². The van der Waals surface area contributed by atoms with Crippen molar-refractivity contribution < 1.29 is 9.21 Å². The number of carbonyl (C=O) groups is 1. The van der Waals surface area contributed by atoms with Gasteiger partial charge in [-0.25, -0.2) is 4.98 Å². The fourth-order valence-corrected chi connectivity index (χ4v) is 2.62. The smallest absolute Gasteiger partial charge is 0.248 e. The number of carbonyl (C=O) groups excluding carboxylic acids is 1. The second-order valence-electron chi connectivity index (χ2n) is 7.03. The molecule has 1 heterocycles. The van der Waals surface area contributed by atoms with Crippen molar-refractivity contribution in [1.29, 1.82) is 0 Å². The van der Waals surface area contributed by atoms with Crippen LogP contribution in [0.5, 0.6) is 0 Å². The second-order valence-corrected chi connectivity index (χ2v) is 7.03. The molecule has 0 saturated heterocycles. The molecule has 0 radical (unpaired) electrons. The van der Waals surface area contributed by atoms with Crippen LogP contribution in [0.3, 0.4) is 0 Å². The Morgan fingerprint density at radius 1 is 1.04 bits per heavy atom. The van der Waals surface area contributed by atoms with Gasteiger partial charge in [0.05, 0.1) is 0 Å². The van der Waals surface area contributed by atoms with Crippen LogP contribution in [0.4, 0.5) is 5.69 Å². The molecule has 3 rings (SSSR count). The van der Waals surface area contributed by atoms with Crippen LogP contribution in [-0.2, 0) is 4.79 Å². The molecule has 26 heavy (non-hydrogen) atoms. The molecule has 0 aliphatic heterocycles. The summed E-state index contributed by atoms with van der Waals surface area (Å²) in [5.74, 6) is 1.25. The quantitative estimate of drug-likeness (QED) is 0.599. The minimum absolute atomic E-state index is 0.180. The van der Waals surface area contributed by atoms with Crippen molar-refractivity contribution in [1.82, 2.24) is 4.98 Å². The number of nitrogens with one attached hydrogen (secondary N) is 1. The van der Waals surface area contributed by atoms with Crippen LogP contribution in [0.2, 0.25) is 0 Å². The Balaban J connectivity index is 1.68. The number of aromatic nitrogens is 1. The van der Waals surface area contributed by atoms with Crippen LogP contribution < -0.4 is 5.32 Å². The monoisotopic (exact) mass is 348 g/mol. The largest absolute Gasteiger partial charge is 0.440 e. The van der Waals surface area contributed by atoms with Gasteiger partial charge in [-0.05, 0) is 35.3 Å². The Labute approximate surface area is 153 Å². The van der Waals surface area contributed by atoms with E-state index in [9.17, 15) is 4.79 Å². The Bertz CT molecular complexity index is 934. The number of amides is 1. The second kappa shape index (κ2) is 7.56. The van der Waals surface area contributed by atoms with E-state index in [1.807, 2.05) is 44.2 Å². The molecular formula is C22H24N2O2.